The van der Waals surface area contributed by atoms with Crippen LogP contribution in [0.1, 0.15) is 23.2 Å². The van der Waals surface area contributed by atoms with Gasteiger partial charge in [-0.1, -0.05) is 0 Å². The summed E-state index contributed by atoms with van der Waals surface area (Å²) in [7, 11) is 1.70. The largest absolute Gasteiger partial charge is 0.478 e. The van der Waals surface area contributed by atoms with Gasteiger partial charge in [0, 0.05) is 20.1 Å². The van der Waals surface area contributed by atoms with Gasteiger partial charge < -0.3 is 14.6 Å². The van der Waals surface area contributed by atoms with Crippen LogP contribution < -0.4 is 4.90 Å². The van der Waals surface area contributed by atoms with Gasteiger partial charge in [-0.15, -0.1) is 0 Å². The van der Waals surface area contributed by atoms with Crippen LogP contribution in [0.15, 0.2) is 12.4 Å². The molecule has 100 valence electrons. The number of carboxylic acids is 1. The number of fused-ring (bicyclic) bond motifs is 1. The highest BCUT2D eigenvalue weighted by molar-refractivity contribution is 6.00. The Bertz CT molecular complexity index is 659. The normalized spacial score (nSPS) is 15.4. The lowest BCUT2D eigenvalue weighted by Crippen LogP contribution is -2.22. The van der Waals surface area contributed by atoms with Crippen LogP contribution in [0, 0.1) is 5.82 Å². The number of benzene rings is 1. The SMILES string of the molecule is Cn1cnc2cc(C(=O)O)c(N3CCCC3)c(F)c21. The molecule has 5 nitrogen and oxygen atoms in total. The van der Waals surface area contributed by atoms with Crippen LogP contribution in [0.25, 0.3) is 11.0 Å². The van der Waals surface area contributed by atoms with Crippen molar-refractivity contribution in [2.24, 2.45) is 7.05 Å². The van der Waals surface area contributed by atoms with Crippen LogP contribution in [-0.4, -0.2) is 33.7 Å². The van der Waals surface area contributed by atoms with Gasteiger partial charge >= 0.3 is 5.97 Å². The van der Waals surface area contributed by atoms with E-state index >= 15 is 0 Å². The first-order valence-corrected chi connectivity index (χ1v) is 6.21. The molecule has 0 spiro atoms. The van der Waals surface area contributed by atoms with Crippen molar-refractivity contribution in [2.75, 3.05) is 18.0 Å². The zero-order chi connectivity index (χ0) is 13.6. The first kappa shape index (κ1) is 12.0. The second-order valence-electron chi connectivity index (χ2n) is 4.81. The standard InChI is InChI=1S/C13H14FN3O2/c1-16-7-15-9-6-8(13(18)19)11(10(14)12(9)16)17-4-2-3-5-17/h6-7H,2-5H2,1H3,(H,18,19). The van der Waals surface area contributed by atoms with E-state index in [1.54, 1.807) is 11.6 Å². The van der Waals surface area contributed by atoms with Crippen molar-refractivity contribution >= 4 is 22.7 Å². The summed E-state index contributed by atoms with van der Waals surface area (Å²) in [6, 6.07) is 1.45. The monoisotopic (exact) mass is 263 g/mol. The Morgan fingerprint density at radius 1 is 1.42 bits per heavy atom. The highest BCUT2D eigenvalue weighted by Gasteiger charge is 2.26. The average molecular weight is 263 g/mol. The molecule has 0 saturated carbocycles. The minimum absolute atomic E-state index is 0.00870. The molecule has 1 fully saturated rings. The van der Waals surface area contributed by atoms with E-state index < -0.39 is 11.8 Å². The average Bonchev–Trinajstić information content (AvgIpc) is 2.99. The summed E-state index contributed by atoms with van der Waals surface area (Å²) in [5, 5.41) is 9.29. The van der Waals surface area contributed by atoms with Crippen molar-refractivity contribution in [2.45, 2.75) is 12.8 Å². The Morgan fingerprint density at radius 3 is 2.74 bits per heavy atom. The summed E-state index contributed by atoms with van der Waals surface area (Å²) in [6.07, 6.45) is 3.41. The maximum atomic E-state index is 14.7. The van der Waals surface area contributed by atoms with Crippen LogP contribution in [0.2, 0.25) is 0 Å². The van der Waals surface area contributed by atoms with E-state index in [1.165, 1.54) is 12.4 Å². The van der Waals surface area contributed by atoms with Crippen molar-refractivity contribution in [3.05, 3.63) is 23.8 Å². The Balaban J connectivity index is 2.31. The molecule has 0 unspecified atom stereocenters. The molecular weight excluding hydrogens is 249 g/mol. The fourth-order valence-electron chi connectivity index (χ4n) is 2.67. The van der Waals surface area contributed by atoms with Crippen molar-refractivity contribution < 1.29 is 14.3 Å². The van der Waals surface area contributed by atoms with E-state index in [2.05, 4.69) is 4.98 Å². The fourth-order valence-corrected chi connectivity index (χ4v) is 2.67. The molecule has 1 aromatic carbocycles. The van der Waals surface area contributed by atoms with Gasteiger partial charge in [0.15, 0.2) is 5.82 Å². The number of hydrogen-bond donors (Lipinski definition) is 1. The molecule has 6 heteroatoms. The molecule has 0 amide bonds. The third kappa shape index (κ3) is 1.75. The number of anilines is 1. The number of aromatic nitrogens is 2. The Kier molecular flexibility index (Phi) is 2.66. The van der Waals surface area contributed by atoms with E-state index in [0.717, 1.165) is 12.8 Å². The van der Waals surface area contributed by atoms with Crippen LogP contribution in [0.3, 0.4) is 0 Å². The summed E-state index contributed by atoms with van der Waals surface area (Å²) < 4.78 is 16.2. The molecule has 1 aromatic heterocycles. The third-order valence-corrected chi connectivity index (χ3v) is 3.57. The van der Waals surface area contributed by atoms with E-state index in [9.17, 15) is 14.3 Å². The molecule has 1 aliphatic rings. The molecular formula is C13H14FN3O2. The topological polar surface area (TPSA) is 58.4 Å². The smallest absolute Gasteiger partial charge is 0.337 e. The van der Waals surface area contributed by atoms with Crippen LogP contribution in [0.4, 0.5) is 10.1 Å². The fraction of sp³-hybridized carbons (Fsp3) is 0.385. The van der Waals surface area contributed by atoms with Crippen molar-refractivity contribution in [1.29, 1.82) is 0 Å². The number of hydrogen-bond acceptors (Lipinski definition) is 3. The maximum absolute atomic E-state index is 14.7. The number of halogens is 1. The second kappa shape index (κ2) is 4.22. The first-order chi connectivity index (χ1) is 9.09. The minimum atomic E-state index is -1.12. The van der Waals surface area contributed by atoms with Gasteiger partial charge in [-0.3, -0.25) is 0 Å². The highest BCUT2D eigenvalue weighted by Crippen LogP contribution is 2.33. The second-order valence-corrected chi connectivity index (χ2v) is 4.81. The predicted molar refractivity (Wildman–Crippen MR) is 69.1 cm³/mol. The lowest BCUT2D eigenvalue weighted by Gasteiger charge is -2.21. The summed E-state index contributed by atoms with van der Waals surface area (Å²) in [6.45, 7) is 1.39. The van der Waals surface area contributed by atoms with Crippen LogP contribution >= 0.6 is 0 Å². The lowest BCUT2D eigenvalue weighted by molar-refractivity contribution is 0.0697. The van der Waals surface area contributed by atoms with Crippen LogP contribution in [0.5, 0.6) is 0 Å². The molecule has 0 bridgehead atoms. The predicted octanol–water partition coefficient (Wildman–Crippen LogP) is 2.01. The molecule has 0 aliphatic carbocycles. The van der Waals surface area contributed by atoms with Crippen LogP contribution in [-0.2, 0) is 7.05 Å². The van der Waals surface area contributed by atoms with Gasteiger partial charge in [-0.2, -0.15) is 0 Å². The van der Waals surface area contributed by atoms with Gasteiger partial charge in [-0.25, -0.2) is 14.2 Å². The number of rotatable bonds is 2. The van der Waals surface area contributed by atoms with E-state index in [0.29, 0.717) is 24.1 Å². The molecule has 3 rings (SSSR count). The Labute approximate surface area is 109 Å². The van der Waals surface area contributed by atoms with E-state index in [1.807, 2.05) is 4.90 Å². The van der Waals surface area contributed by atoms with E-state index in [-0.39, 0.29) is 11.3 Å². The summed E-state index contributed by atoms with van der Waals surface area (Å²) in [4.78, 5) is 17.2. The molecule has 0 radical (unpaired) electrons. The zero-order valence-corrected chi connectivity index (χ0v) is 10.6. The number of carboxylic acid groups (broad SMARTS) is 1. The quantitative estimate of drug-likeness (QED) is 0.900. The van der Waals surface area contributed by atoms with Gasteiger partial charge in [0.25, 0.3) is 0 Å². The number of aromatic carboxylic acids is 1. The molecule has 19 heavy (non-hydrogen) atoms. The van der Waals surface area contributed by atoms with Gasteiger partial charge in [0.05, 0.1) is 23.1 Å². The molecule has 1 aliphatic heterocycles. The summed E-state index contributed by atoms with van der Waals surface area (Å²) in [5.74, 6) is -1.61. The molecule has 2 heterocycles. The summed E-state index contributed by atoms with van der Waals surface area (Å²) in [5.41, 5.74) is 0.916. The Hall–Kier alpha value is -2.11. The Morgan fingerprint density at radius 2 is 2.11 bits per heavy atom. The van der Waals surface area contributed by atoms with Gasteiger partial charge in [0.1, 0.15) is 5.52 Å². The van der Waals surface area contributed by atoms with Crippen molar-refractivity contribution in [3.63, 3.8) is 0 Å². The number of imidazole rings is 1. The number of aryl methyl sites for hydroxylation is 1. The maximum Gasteiger partial charge on any atom is 0.337 e. The molecule has 0 atom stereocenters. The number of nitrogens with zero attached hydrogens (tertiary/aromatic N) is 3. The van der Waals surface area contributed by atoms with Gasteiger partial charge in [0.2, 0.25) is 0 Å². The summed E-state index contributed by atoms with van der Waals surface area (Å²) >= 11 is 0. The van der Waals surface area contributed by atoms with E-state index in [4.69, 9.17) is 0 Å². The highest BCUT2D eigenvalue weighted by atomic mass is 19.1. The minimum Gasteiger partial charge on any atom is -0.478 e. The van der Waals surface area contributed by atoms with Gasteiger partial charge in [-0.05, 0) is 18.9 Å². The zero-order valence-electron chi connectivity index (χ0n) is 10.6. The third-order valence-electron chi connectivity index (χ3n) is 3.57. The van der Waals surface area contributed by atoms with Crippen molar-refractivity contribution in [3.8, 4) is 0 Å². The number of carbonyl (C=O) groups is 1. The lowest BCUT2D eigenvalue weighted by atomic mass is 10.1. The molecule has 1 saturated heterocycles. The molecule has 2 aromatic rings. The molecule has 1 N–H and O–H groups in total. The van der Waals surface area contributed by atoms with Crippen molar-refractivity contribution in [1.82, 2.24) is 9.55 Å². The first-order valence-electron chi connectivity index (χ1n) is 6.21.